The number of hydrogen-bond acceptors (Lipinski definition) is 3. The van der Waals surface area contributed by atoms with Crippen LogP contribution in [0.5, 0.6) is 0 Å². The Hall–Kier alpha value is -1.10. The second-order valence-corrected chi connectivity index (χ2v) is 6.71. The number of rotatable bonds is 4. The van der Waals surface area contributed by atoms with Gasteiger partial charge in [0.1, 0.15) is 0 Å². The van der Waals surface area contributed by atoms with Gasteiger partial charge in [-0.25, -0.2) is 0 Å². The molecule has 2 atom stereocenters. The van der Waals surface area contributed by atoms with Crippen molar-refractivity contribution in [1.82, 2.24) is 15.5 Å². The van der Waals surface area contributed by atoms with Gasteiger partial charge in [-0.3, -0.25) is 5.10 Å². The fourth-order valence-electron chi connectivity index (χ4n) is 2.02. The number of aliphatic hydroxyl groups is 1. The van der Waals surface area contributed by atoms with Crippen molar-refractivity contribution >= 4 is 22.5 Å². The average molecular weight is 296 g/mol. The number of benzene rings is 1. The Morgan fingerprint density at radius 1 is 1.40 bits per heavy atom. The summed E-state index contributed by atoms with van der Waals surface area (Å²) in [5, 5.41) is 22.1. The van der Waals surface area contributed by atoms with Crippen LogP contribution < -0.4 is 5.32 Å². The molecule has 0 saturated carbocycles. The predicted octanol–water partition coefficient (Wildman–Crippen LogP) is 3.27. The molecule has 5 heteroatoms. The monoisotopic (exact) mass is 295 g/mol. The van der Waals surface area contributed by atoms with Crippen molar-refractivity contribution in [3.8, 4) is 0 Å². The smallest absolute Gasteiger partial charge is 0.0921 e. The van der Waals surface area contributed by atoms with E-state index in [2.05, 4.69) is 43.2 Å². The van der Waals surface area contributed by atoms with Gasteiger partial charge in [-0.1, -0.05) is 38.4 Å². The summed E-state index contributed by atoms with van der Waals surface area (Å²) in [6.45, 7) is 9.15. The minimum Gasteiger partial charge on any atom is -0.387 e. The summed E-state index contributed by atoms with van der Waals surface area (Å²) in [5.41, 5.74) is 1.77. The Morgan fingerprint density at radius 3 is 2.75 bits per heavy atom. The zero-order chi connectivity index (χ0) is 14.9. The van der Waals surface area contributed by atoms with Crippen LogP contribution in [-0.2, 0) is 0 Å². The summed E-state index contributed by atoms with van der Waals surface area (Å²) < 4.78 is 0. The molecule has 4 nitrogen and oxygen atoms in total. The largest absolute Gasteiger partial charge is 0.387 e. The van der Waals surface area contributed by atoms with E-state index < -0.39 is 6.10 Å². The van der Waals surface area contributed by atoms with Crippen LogP contribution in [0.15, 0.2) is 18.3 Å². The fraction of sp³-hybridized carbons (Fsp3) is 0.533. The van der Waals surface area contributed by atoms with E-state index in [1.165, 1.54) is 0 Å². The number of halogens is 1. The number of hydrogen-bond donors (Lipinski definition) is 3. The van der Waals surface area contributed by atoms with E-state index in [4.69, 9.17) is 11.6 Å². The SMILES string of the molecule is C[C@H](NC[C@H](O)c1ccc(Cl)c2[nH]ncc12)C(C)(C)C. The first-order valence-electron chi connectivity index (χ1n) is 6.83. The first kappa shape index (κ1) is 15.3. The lowest BCUT2D eigenvalue weighted by Gasteiger charge is -2.29. The van der Waals surface area contributed by atoms with Gasteiger partial charge in [0.2, 0.25) is 0 Å². The van der Waals surface area contributed by atoms with Gasteiger partial charge in [0.25, 0.3) is 0 Å². The van der Waals surface area contributed by atoms with Gasteiger partial charge >= 0.3 is 0 Å². The van der Waals surface area contributed by atoms with Crippen molar-refractivity contribution < 1.29 is 5.11 Å². The summed E-state index contributed by atoms with van der Waals surface area (Å²) in [7, 11) is 0. The van der Waals surface area contributed by atoms with Gasteiger partial charge in [-0.2, -0.15) is 5.10 Å². The molecule has 0 aliphatic rings. The Morgan fingerprint density at radius 2 is 2.10 bits per heavy atom. The highest BCUT2D eigenvalue weighted by atomic mass is 35.5. The van der Waals surface area contributed by atoms with Gasteiger partial charge in [-0.05, 0) is 24.0 Å². The molecular weight excluding hydrogens is 274 g/mol. The molecule has 0 fully saturated rings. The molecular formula is C15H22ClN3O. The quantitative estimate of drug-likeness (QED) is 0.811. The van der Waals surface area contributed by atoms with Gasteiger partial charge in [0, 0.05) is 18.0 Å². The Balaban J connectivity index is 2.14. The topological polar surface area (TPSA) is 60.9 Å². The lowest BCUT2D eigenvalue weighted by Crippen LogP contribution is -2.39. The standard InChI is InChI=1S/C15H22ClN3O/c1-9(15(2,3)4)17-8-13(20)10-5-6-12(16)14-11(10)7-18-19-14/h5-7,9,13,17,20H,8H2,1-4H3,(H,18,19)/t9-,13-/m0/s1. The molecule has 0 aliphatic carbocycles. The predicted molar refractivity (Wildman–Crippen MR) is 83.0 cm³/mol. The molecule has 20 heavy (non-hydrogen) atoms. The first-order chi connectivity index (χ1) is 9.30. The number of aromatic amines is 1. The minimum atomic E-state index is -0.586. The lowest BCUT2D eigenvalue weighted by atomic mass is 9.88. The summed E-state index contributed by atoms with van der Waals surface area (Å²) >= 11 is 6.09. The molecule has 110 valence electrons. The summed E-state index contributed by atoms with van der Waals surface area (Å²) in [6, 6.07) is 3.95. The first-order valence-corrected chi connectivity index (χ1v) is 7.21. The van der Waals surface area contributed by atoms with Crippen molar-refractivity contribution in [1.29, 1.82) is 0 Å². The molecule has 1 aromatic carbocycles. The maximum atomic E-state index is 10.4. The van der Waals surface area contributed by atoms with E-state index in [1.807, 2.05) is 6.07 Å². The second kappa shape index (κ2) is 5.72. The van der Waals surface area contributed by atoms with Crippen LogP contribution >= 0.6 is 11.6 Å². The van der Waals surface area contributed by atoms with E-state index in [9.17, 15) is 5.11 Å². The highest BCUT2D eigenvalue weighted by molar-refractivity contribution is 6.35. The van der Waals surface area contributed by atoms with Gasteiger partial charge in [0.15, 0.2) is 0 Å². The van der Waals surface area contributed by atoms with Crippen LogP contribution in [0.3, 0.4) is 0 Å². The molecule has 2 rings (SSSR count). The van der Waals surface area contributed by atoms with Crippen molar-refractivity contribution in [3.63, 3.8) is 0 Å². The molecule has 0 radical (unpaired) electrons. The molecule has 1 aromatic heterocycles. The van der Waals surface area contributed by atoms with E-state index in [-0.39, 0.29) is 5.41 Å². The molecule has 0 saturated heterocycles. The van der Waals surface area contributed by atoms with Crippen molar-refractivity contribution in [2.45, 2.75) is 39.8 Å². The summed E-state index contributed by atoms with van der Waals surface area (Å²) in [6.07, 6.45) is 1.12. The van der Waals surface area contributed by atoms with Gasteiger partial charge in [0.05, 0.1) is 22.8 Å². The molecule has 0 amide bonds. The van der Waals surface area contributed by atoms with Crippen molar-refractivity contribution in [2.24, 2.45) is 5.41 Å². The molecule has 0 aliphatic heterocycles. The maximum Gasteiger partial charge on any atom is 0.0921 e. The van der Waals surface area contributed by atoms with Crippen LogP contribution in [0.2, 0.25) is 5.02 Å². The van der Waals surface area contributed by atoms with Crippen LogP contribution in [0.1, 0.15) is 39.4 Å². The van der Waals surface area contributed by atoms with Crippen LogP contribution in [0, 0.1) is 5.41 Å². The lowest BCUT2D eigenvalue weighted by molar-refractivity contribution is 0.159. The van der Waals surface area contributed by atoms with E-state index >= 15 is 0 Å². The number of aromatic nitrogens is 2. The number of nitrogens with zero attached hydrogens (tertiary/aromatic N) is 1. The molecule has 1 heterocycles. The maximum absolute atomic E-state index is 10.4. The number of nitrogens with one attached hydrogen (secondary N) is 2. The summed E-state index contributed by atoms with van der Waals surface area (Å²) in [5.74, 6) is 0. The Bertz CT molecular complexity index is 588. The average Bonchev–Trinajstić information content (AvgIpc) is 2.84. The second-order valence-electron chi connectivity index (χ2n) is 6.31. The summed E-state index contributed by atoms with van der Waals surface area (Å²) in [4.78, 5) is 0. The molecule has 0 unspecified atom stereocenters. The Kier molecular flexibility index (Phi) is 4.37. The van der Waals surface area contributed by atoms with Crippen LogP contribution in [0.25, 0.3) is 10.9 Å². The molecule has 2 aromatic rings. The van der Waals surface area contributed by atoms with E-state index in [0.717, 1.165) is 16.5 Å². The van der Waals surface area contributed by atoms with Crippen LogP contribution in [-0.4, -0.2) is 27.9 Å². The third kappa shape index (κ3) is 3.14. The number of H-pyrrole nitrogens is 1. The normalized spacial score (nSPS) is 15.5. The zero-order valence-electron chi connectivity index (χ0n) is 12.4. The third-order valence-corrected chi connectivity index (χ3v) is 4.19. The van der Waals surface area contributed by atoms with Gasteiger partial charge in [-0.15, -0.1) is 0 Å². The van der Waals surface area contributed by atoms with Crippen molar-refractivity contribution in [2.75, 3.05) is 6.54 Å². The van der Waals surface area contributed by atoms with Crippen molar-refractivity contribution in [3.05, 3.63) is 28.9 Å². The van der Waals surface area contributed by atoms with E-state index in [1.54, 1.807) is 12.3 Å². The van der Waals surface area contributed by atoms with Gasteiger partial charge < -0.3 is 10.4 Å². The number of fused-ring (bicyclic) bond motifs is 1. The highest BCUT2D eigenvalue weighted by Crippen LogP contribution is 2.28. The van der Waals surface area contributed by atoms with E-state index in [0.29, 0.717) is 17.6 Å². The number of aliphatic hydroxyl groups excluding tert-OH is 1. The third-order valence-electron chi connectivity index (χ3n) is 3.87. The molecule has 3 N–H and O–H groups in total. The molecule has 0 bridgehead atoms. The Labute approximate surface area is 124 Å². The highest BCUT2D eigenvalue weighted by Gasteiger charge is 2.21. The minimum absolute atomic E-state index is 0.157. The zero-order valence-corrected chi connectivity index (χ0v) is 13.1. The molecule has 0 spiro atoms. The van der Waals surface area contributed by atoms with Crippen LogP contribution in [0.4, 0.5) is 0 Å². The fourth-order valence-corrected chi connectivity index (χ4v) is 2.23.